The summed E-state index contributed by atoms with van der Waals surface area (Å²) in [7, 11) is 0. The van der Waals surface area contributed by atoms with Gasteiger partial charge in [-0.1, -0.05) is 0 Å². The van der Waals surface area contributed by atoms with Crippen molar-refractivity contribution in [1.82, 2.24) is 10.2 Å². The third kappa shape index (κ3) is 3.96. The number of piperidine rings is 1. The van der Waals surface area contributed by atoms with Crippen molar-refractivity contribution in [2.45, 2.75) is 44.6 Å². The van der Waals surface area contributed by atoms with E-state index in [1.165, 1.54) is 6.42 Å². The minimum atomic E-state index is 0.267. The molecule has 1 N–H and O–H groups in total. The van der Waals surface area contributed by atoms with Gasteiger partial charge in [0, 0.05) is 32.8 Å². The largest absolute Gasteiger partial charge is 0.381 e. The Morgan fingerprint density at radius 1 is 1.24 bits per heavy atom. The molecule has 0 atom stereocenters. The summed E-state index contributed by atoms with van der Waals surface area (Å²) in [4.78, 5) is 14.3. The van der Waals surface area contributed by atoms with Gasteiger partial charge >= 0.3 is 0 Å². The minimum absolute atomic E-state index is 0.267. The van der Waals surface area contributed by atoms with Crippen LogP contribution in [0.1, 0.15) is 38.5 Å². The average molecular weight is 296 g/mol. The van der Waals surface area contributed by atoms with Gasteiger partial charge in [-0.3, -0.25) is 4.79 Å². The Bertz CT molecular complexity index is 339. The fourth-order valence-electron chi connectivity index (χ4n) is 3.77. The van der Waals surface area contributed by atoms with Gasteiger partial charge in [0.15, 0.2) is 0 Å². The Morgan fingerprint density at radius 3 is 2.67 bits per heavy atom. The van der Waals surface area contributed by atoms with Crippen LogP contribution in [0.4, 0.5) is 0 Å². The molecule has 1 amide bonds. The van der Waals surface area contributed by atoms with Gasteiger partial charge in [-0.15, -0.1) is 0 Å². The zero-order valence-corrected chi connectivity index (χ0v) is 12.9. The fraction of sp³-hybridized carbons (Fsp3) is 0.938. The second kappa shape index (κ2) is 7.07. The number of carbonyl (C=O) groups excluding carboxylic acids is 1. The predicted octanol–water partition coefficient (Wildman–Crippen LogP) is 1.17. The zero-order chi connectivity index (χ0) is 14.5. The van der Waals surface area contributed by atoms with Crippen molar-refractivity contribution in [3.63, 3.8) is 0 Å². The third-order valence-corrected chi connectivity index (χ3v) is 5.35. The van der Waals surface area contributed by atoms with Crippen LogP contribution < -0.4 is 5.32 Å². The number of amides is 1. The lowest BCUT2D eigenvalue weighted by Gasteiger charge is -2.39. The summed E-state index contributed by atoms with van der Waals surface area (Å²) in [6, 6.07) is 0. The quantitative estimate of drug-likeness (QED) is 0.846. The van der Waals surface area contributed by atoms with Crippen LogP contribution in [-0.2, 0) is 14.3 Å². The summed E-state index contributed by atoms with van der Waals surface area (Å²) in [5.41, 5.74) is 0.482. The van der Waals surface area contributed by atoms with Gasteiger partial charge in [0.1, 0.15) is 0 Å². The van der Waals surface area contributed by atoms with Crippen LogP contribution in [0.5, 0.6) is 0 Å². The molecule has 0 bridgehead atoms. The first-order valence-corrected chi connectivity index (χ1v) is 8.45. The van der Waals surface area contributed by atoms with E-state index in [1.807, 2.05) is 4.90 Å². The Morgan fingerprint density at radius 2 is 2.00 bits per heavy atom. The van der Waals surface area contributed by atoms with Gasteiger partial charge in [-0.05, 0) is 44.1 Å². The van der Waals surface area contributed by atoms with Crippen molar-refractivity contribution in [1.29, 1.82) is 0 Å². The van der Waals surface area contributed by atoms with E-state index >= 15 is 0 Å². The molecule has 3 rings (SSSR count). The smallest absolute Gasteiger partial charge is 0.224 e. The molecular weight excluding hydrogens is 268 g/mol. The first-order chi connectivity index (χ1) is 10.3. The van der Waals surface area contributed by atoms with Crippen LogP contribution in [-0.4, -0.2) is 62.9 Å². The second-order valence-electron chi connectivity index (χ2n) is 6.74. The Labute approximate surface area is 127 Å². The van der Waals surface area contributed by atoms with Crippen molar-refractivity contribution in [3.05, 3.63) is 0 Å². The van der Waals surface area contributed by atoms with Gasteiger partial charge in [-0.25, -0.2) is 0 Å². The molecule has 0 unspecified atom stereocenters. The lowest BCUT2D eigenvalue weighted by molar-refractivity contribution is -0.135. The van der Waals surface area contributed by atoms with E-state index in [1.54, 1.807) is 0 Å². The maximum atomic E-state index is 12.2. The zero-order valence-electron chi connectivity index (χ0n) is 12.9. The minimum Gasteiger partial charge on any atom is -0.381 e. The van der Waals surface area contributed by atoms with E-state index in [0.29, 0.717) is 24.5 Å². The van der Waals surface area contributed by atoms with Gasteiger partial charge in [0.25, 0.3) is 0 Å². The molecule has 3 heterocycles. The molecule has 0 aliphatic carbocycles. The van der Waals surface area contributed by atoms with E-state index in [4.69, 9.17) is 9.47 Å². The van der Waals surface area contributed by atoms with Crippen molar-refractivity contribution in [2.75, 3.05) is 46.0 Å². The summed E-state index contributed by atoms with van der Waals surface area (Å²) < 4.78 is 11.1. The van der Waals surface area contributed by atoms with E-state index in [0.717, 1.165) is 65.1 Å². The molecule has 0 aromatic rings. The molecule has 3 aliphatic rings. The number of ether oxygens (including phenoxy) is 2. The van der Waals surface area contributed by atoms with Crippen molar-refractivity contribution in [2.24, 2.45) is 5.41 Å². The maximum absolute atomic E-state index is 12.2. The van der Waals surface area contributed by atoms with Crippen molar-refractivity contribution < 1.29 is 14.3 Å². The highest BCUT2D eigenvalue weighted by atomic mass is 16.5. The number of likely N-dealkylation sites (tertiary alicyclic amines) is 1. The van der Waals surface area contributed by atoms with Crippen LogP contribution in [0, 0.1) is 5.41 Å². The van der Waals surface area contributed by atoms with E-state index in [-0.39, 0.29) is 5.91 Å². The molecule has 21 heavy (non-hydrogen) atoms. The summed E-state index contributed by atoms with van der Waals surface area (Å²) in [5, 5.41) is 3.46. The van der Waals surface area contributed by atoms with Crippen LogP contribution in [0.15, 0.2) is 0 Å². The molecule has 120 valence electrons. The second-order valence-corrected chi connectivity index (χ2v) is 6.74. The standard InChI is InChI=1S/C16H28N2O3/c19-15(3-12-21-14-1-10-20-11-2-14)18-8-5-16(6-9-18)4-7-17-13-16/h14,17H,1-13H2. The lowest BCUT2D eigenvalue weighted by Crippen LogP contribution is -2.44. The number of carbonyl (C=O) groups is 1. The van der Waals surface area contributed by atoms with Gasteiger partial charge < -0.3 is 19.7 Å². The third-order valence-electron chi connectivity index (χ3n) is 5.35. The summed E-state index contributed by atoms with van der Waals surface area (Å²) in [6.45, 7) is 6.29. The van der Waals surface area contributed by atoms with Gasteiger partial charge in [0.05, 0.1) is 19.1 Å². The lowest BCUT2D eigenvalue weighted by atomic mass is 9.78. The van der Waals surface area contributed by atoms with Crippen molar-refractivity contribution >= 4 is 5.91 Å². The summed E-state index contributed by atoms with van der Waals surface area (Å²) >= 11 is 0. The van der Waals surface area contributed by atoms with Crippen molar-refractivity contribution in [3.8, 4) is 0 Å². The van der Waals surface area contributed by atoms with E-state index < -0.39 is 0 Å². The first kappa shape index (κ1) is 15.3. The van der Waals surface area contributed by atoms with Crippen LogP contribution >= 0.6 is 0 Å². The normalized spacial score (nSPS) is 26.4. The SMILES string of the molecule is O=C(CCOC1CCOCC1)N1CCC2(CCNC2)CC1. The maximum Gasteiger partial charge on any atom is 0.224 e. The van der Waals surface area contributed by atoms with E-state index in [9.17, 15) is 4.79 Å². The molecule has 0 radical (unpaired) electrons. The molecule has 0 saturated carbocycles. The van der Waals surface area contributed by atoms with Crippen LogP contribution in [0.25, 0.3) is 0 Å². The number of nitrogens with zero attached hydrogens (tertiary/aromatic N) is 1. The van der Waals surface area contributed by atoms with E-state index in [2.05, 4.69) is 5.32 Å². The molecule has 0 aromatic carbocycles. The highest BCUT2D eigenvalue weighted by Gasteiger charge is 2.37. The fourth-order valence-corrected chi connectivity index (χ4v) is 3.77. The first-order valence-electron chi connectivity index (χ1n) is 8.45. The van der Waals surface area contributed by atoms with Crippen LogP contribution in [0.3, 0.4) is 0 Å². The molecule has 3 aliphatic heterocycles. The highest BCUT2D eigenvalue weighted by Crippen LogP contribution is 2.36. The summed E-state index contributed by atoms with van der Waals surface area (Å²) in [6.07, 6.45) is 6.35. The molecular formula is C16H28N2O3. The predicted molar refractivity (Wildman–Crippen MR) is 80.1 cm³/mol. The number of hydrogen-bond donors (Lipinski definition) is 1. The Kier molecular flexibility index (Phi) is 5.14. The molecule has 3 saturated heterocycles. The molecule has 3 fully saturated rings. The van der Waals surface area contributed by atoms with Gasteiger partial charge in [0.2, 0.25) is 5.91 Å². The Hall–Kier alpha value is -0.650. The number of rotatable bonds is 4. The average Bonchev–Trinajstić information content (AvgIpc) is 2.97. The Balaban J connectivity index is 1.34. The van der Waals surface area contributed by atoms with Gasteiger partial charge in [-0.2, -0.15) is 0 Å². The monoisotopic (exact) mass is 296 g/mol. The van der Waals surface area contributed by atoms with Crippen LogP contribution in [0.2, 0.25) is 0 Å². The molecule has 5 nitrogen and oxygen atoms in total. The summed E-state index contributed by atoms with van der Waals surface area (Å²) in [5.74, 6) is 0.267. The topological polar surface area (TPSA) is 50.8 Å². The molecule has 1 spiro atoms. The highest BCUT2D eigenvalue weighted by molar-refractivity contribution is 5.76. The number of nitrogens with one attached hydrogen (secondary N) is 1. The molecule has 5 heteroatoms. The molecule has 0 aromatic heterocycles. The number of hydrogen-bond acceptors (Lipinski definition) is 4.